The summed E-state index contributed by atoms with van der Waals surface area (Å²) >= 11 is 0. The van der Waals surface area contributed by atoms with Crippen molar-refractivity contribution >= 4 is 0 Å². The summed E-state index contributed by atoms with van der Waals surface area (Å²) in [4.78, 5) is 0. The van der Waals surface area contributed by atoms with Crippen molar-refractivity contribution in [3.05, 3.63) is 35.4 Å². The average molecular weight is 249 g/mol. The first-order valence-corrected chi connectivity index (χ1v) is 6.90. The van der Waals surface area contributed by atoms with Crippen LogP contribution in [-0.4, -0.2) is 26.3 Å². The van der Waals surface area contributed by atoms with Crippen LogP contribution in [0.1, 0.15) is 31.9 Å². The number of hydrogen-bond donors (Lipinski definition) is 1. The van der Waals surface area contributed by atoms with Crippen molar-refractivity contribution < 1.29 is 4.74 Å². The molecule has 0 aliphatic carbocycles. The molecule has 0 radical (unpaired) electrons. The van der Waals surface area contributed by atoms with Gasteiger partial charge in [-0.05, 0) is 36.9 Å². The fourth-order valence-electron chi connectivity index (χ4n) is 2.45. The Bertz CT molecular complexity index is 331. The molecule has 0 fully saturated rings. The number of likely N-dealkylation sites (N-methyl/N-ethyl adjacent to an activating group) is 1. The van der Waals surface area contributed by atoms with E-state index in [9.17, 15) is 0 Å². The van der Waals surface area contributed by atoms with Gasteiger partial charge < -0.3 is 10.1 Å². The summed E-state index contributed by atoms with van der Waals surface area (Å²) < 4.78 is 5.62. The van der Waals surface area contributed by atoms with Crippen LogP contribution >= 0.6 is 0 Å². The van der Waals surface area contributed by atoms with Gasteiger partial charge in [-0.25, -0.2) is 0 Å². The lowest BCUT2D eigenvalue weighted by molar-refractivity contribution is 0.0354. The topological polar surface area (TPSA) is 21.3 Å². The van der Waals surface area contributed by atoms with Gasteiger partial charge in [-0.2, -0.15) is 0 Å². The smallest absolute Gasteiger partial charge is 0.0750 e. The third kappa shape index (κ3) is 4.11. The minimum Gasteiger partial charge on any atom is -0.380 e. The largest absolute Gasteiger partial charge is 0.380 e. The van der Waals surface area contributed by atoms with E-state index in [1.54, 1.807) is 7.11 Å². The number of rotatable bonds is 7. The molecule has 0 heterocycles. The second-order valence-corrected chi connectivity index (χ2v) is 5.21. The molecule has 0 amide bonds. The Balaban J connectivity index is 2.72. The fraction of sp³-hybridized carbons (Fsp3) is 0.625. The van der Waals surface area contributed by atoms with E-state index in [2.05, 4.69) is 50.4 Å². The Labute approximate surface area is 112 Å². The highest BCUT2D eigenvalue weighted by molar-refractivity contribution is 5.23. The van der Waals surface area contributed by atoms with Gasteiger partial charge in [0.15, 0.2) is 0 Å². The molecule has 0 saturated heterocycles. The lowest BCUT2D eigenvalue weighted by Crippen LogP contribution is -2.43. The van der Waals surface area contributed by atoms with Gasteiger partial charge in [-0.3, -0.25) is 0 Å². The Morgan fingerprint density at radius 1 is 1.11 bits per heavy atom. The SMILES string of the molecule is CCc1ccc(CC(NC)C(OC)C(C)C)cc1. The van der Waals surface area contributed by atoms with Crippen LogP contribution in [0.25, 0.3) is 0 Å². The van der Waals surface area contributed by atoms with Gasteiger partial charge in [0.25, 0.3) is 0 Å². The molecule has 1 N–H and O–H groups in total. The lowest BCUT2D eigenvalue weighted by Gasteiger charge is -2.29. The zero-order valence-corrected chi connectivity index (χ0v) is 12.4. The molecule has 18 heavy (non-hydrogen) atoms. The van der Waals surface area contributed by atoms with Crippen LogP contribution in [0.2, 0.25) is 0 Å². The van der Waals surface area contributed by atoms with E-state index in [1.165, 1.54) is 11.1 Å². The lowest BCUT2D eigenvalue weighted by atomic mass is 9.93. The van der Waals surface area contributed by atoms with Crippen molar-refractivity contribution in [1.82, 2.24) is 5.32 Å². The van der Waals surface area contributed by atoms with E-state index in [0.29, 0.717) is 12.0 Å². The van der Waals surface area contributed by atoms with Crippen molar-refractivity contribution in [3.63, 3.8) is 0 Å². The van der Waals surface area contributed by atoms with Crippen molar-refractivity contribution in [3.8, 4) is 0 Å². The molecular weight excluding hydrogens is 222 g/mol. The second kappa shape index (κ2) is 7.55. The van der Waals surface area contributed by atoms with E-state index >= 15 is 0 Å². The number of benzene rings is 1. The number of aryl methyl sites for hydroxylation is 1. The van der Waals surface area contributed by atoms with Crippen LogP contribution < -0.4 is 5.32 Å². The predicted molar refractivity (Wildman–Crippen MR) is 78.0 cm³/mol. The molecule has 1 aromatic carbocycles. The van der Waals surface area contributed by atoms with Gasteiger partial charge in [0.05, 0.1) is 6.10 Å². The third-order valence-electron chi connectivity index (χ3n) is 3.58. The maximum atomic E-state index is 5.62. The van der Waals surface area contributed by atoms with Crippen LogP contribution in [-0.2, 0) is 17.6 Å². The van der Waals surface area contributed by atoms with E-state index < -0.39 is 0 Å². The van der Waals surface area contributed by atoms with Crippen LogP contribution in [0, 0.1) is 5.92 Å². The standard InChI is InChI=1S/C16H27NO/c1-6-13-7-9-14(10-8-13)11-15(17-4)16(18-5)12(2)3/h7-10,12,15-17H,6,11H2,1-5H3. The number of methoxy groups -OCH3 is 1. The molecule has 2 heteroatoms. The molecule has 0 saturated carbocycles. The molecule has 0 aromatic heterocycles. The predicted octanol–water partition coefficient (Wildman–Crippen LogP) is 3.05. The summed E-state index contributed by atoms with van der Waals surface area (Å²) in [6.45, 7) is 6.60. The Morgan fingerprint density at radius 2 is 1.67 bits per heavy atom. The van der Waals surface area contributed by atoms with Crippen molar-refractivity contribution in [2.45, 2.75) is 45.8 Å². The zero-order chi connectivity index (χ0) is 13.5. The van der Waals surface area contributed by atoms with Gasteiger partial charge in [-0.1, -0.05) is 45.0 Å². The van der Waals surface area contributed by atoms with Gasteiger partial charge in [0, 0.05) is 13.2 Å². The molecule has 2 nitrogen and oxygen atoms in total. The molecule has 0 aliphatic rings. The summed E-state index contributed by atoms with van der Waals surface area (Å²) in [6, 6.07) is 9.27. The molecule has 102 valence electrons. The maximum Gasteiger partial charge on any atom is 0.0750 e. The first kappa shape index (κ1) is 15.2. The summed E-state index contributed by atoms with van der Waals surface area (Å²) in [6.07, 6.45) is 2.36. The quantitative estimate of drug-likeness (QED) is 0.802. The highest BCUT2D eigenvalue weighted by Gasteiger charge is 2.22. The first-order chi connectivity index (χ1) is 8.62. The molecule has 1 rings (SSSR count). The molecule has 0 spiro atoms. The number of nitrogens with one attached hydrogen (secondary N) is 1. The van der Waals surface area contributed by atoms with E-state index in [0.717, 1.165) is 12.8 Å². The highest BCUT2D eigenvalue weighted by atomic mass is 16.5. The second-order valence-electron chi connectivity index (χ2n) is 5.21. The molecule has 0 bridgehead atoms. The summed E-state index contributed by atoms with van der Waals surface area (Å²) in [5, 5.41) is 3.39. The van der Waals surface area contributed by atoms with Crippen molar-refractivity contribution in [2.24, 2.45) is 5.92 Å². The van der Waals surface area contributed by atoms with E-state index in [4.69, 9.17) is 4.74 Å². The molecule has 2 atom stereocenters. The highest BCUT2D eigenvalue weighted by Crippen LogP contribution is 2.15. The van der Waals surface area contributed by atoms with Crippen molar-refractivity contribution in [2.75, 3.05) is 14.2 Å². The molecule has 1 aromatic rings. The molecular formula is C16H27NO. The summed E-state index contributed by atoms with van der Waals surface area (Å²) in [5.74, 6) is 0.516. The minimum atomic E-state index is 0.251. The Kier molecular flexibility index (Phi) is 6.37. The Morgan fingerprint density at radius 3 is 2.06 bits per heavy atom. The summed E-state index contributed by atoms with van der Waals surface area (Å²) in [5.41, 5.74) is 2.76. The van der Waals surface area contributed by atoms with Gasteiger partial charge in [-0.15, -0.1) is 0 Å². The average Bonchev–Trinajstić information content (AvgIpc) is 2.38. The van der Waals surface area contributed by atoms with E-state index in [1.807, 2.05) is 7.05 Å². The normalized spacial score (nSPS) is 14.8. The fourth-order valence-corrected chi connectivity index (χ4v) is 2.45. The van der Waals surface area contributed by atoms with Crippen molar-refractivity contribution in [1.29, 1.82) is 0 Å². The van der Waals surface area contributed by atoms with Crippen LogP contribution in [0.5, 0.6) is 0 Å². The van der Waals surface area contributed by atoms with Crippen LogP contribution in [0.3, 0.4) is 0 Å². The van der Waals surface area contributed by atoms with Gasteiger partial charge in [0.1, 0.15) is 0 Å². The maximum absolute atomic E-state index is 5.62. The molecule has 2 unspecified atom stereocenters. The number of ether oxygens (including phenoxy) is 1. The Hall–Kier alpha value is -0.860. The minimum absolute atomic E-state index is 0.251. The third-order valence-corrected chi connectivity index (χ3v) is 3.58. The van der Waals surface area contributed by atoms with Gasteiger partial charge in [0.2, 0.25) is 0 Å². The monoisotopic (exact) mass is 249 g/mol. The van der Waals surface area contributed by atoms with Gasteiger partial charge >= 0.3 is 0 Å². The first-order valence-electron chi connectivity index (χ1n) is 6.90. The van der Waals surface area contributed by atoms with Crippen LogP contribution in [0.15, 0.2) is 24.3 Å². The van der Waals surface area contributed by atoms with E-state index in [-0.39, 0.29) is 6.10 Å². The summed E-state index contributed by atoms with van der Waals surface area (Å²) in [7, 11) is 3.81. The van der Waals surface area contributed by atoms with Crippen LogP contribution in [0.4, 0.5) is 0 Å². The molecule has 0 aliphatic heterocycles. The number of hydrogen-bond acceptors (Lipinski definition) is 2. The zero-order valence-electron chi connectivity index (χ0n) is 12.4.